The first kappa shape index (κ1) is 17.1. The minimum absolute atomic E-state index is 0.0696. The number of aromatic nitrogens is 2. The van der Waals surface area contributed by atoms with Crippen LogP contribution in [0.1, 0.15) is 43.4 Å². The molecule has 0 spiro atoms. The molecule has 0 radical (unpaired) electrons. The van der Waals surface area contributed by atoms with Gasteiger partial charge in [-0.15, -0.1) is 0 Å². The van der Waals surface area contributed by atoms with E-state index in [4.69, 9.17) is 11.6 Å². The molecule has 0 saturated carbocycles. The van der Waals surface area contributed by atoms with Crippen LogP contribution in [0.25, 0.3) is 0 Å². The maximum atomic E-state index is 13.2. The molecule has 1 N–H and O–H groups in total. The van der Waals surface area contributed by atoms with Gasteiger partial charge in [0, 0.05) is 36.5 Å². The number of aromatic amines is 1. The van der Waals surface area contributed by atoms with Crippen molar-refractivity contribution in [2.45, 2.75) is 45.7 Å². The van der Waals surface area contributed by atoms with Crippen molar-refractivity contribution in [1.29, 1.82) is 0 Å². The zero-order valence-electron chi connectivity index (χ0n) is 14.1. The quantitative estimate of drug-likeness (QED) is 0.903. The summed E-state index contributed by atoms with van der Waals surface area (Å²) in [5.74, 6) is 0.379. The van der Waals surface area contributed by atoms with E-state index in [-0.39, 0.29) is 16.8 Å². The predicted octanol–water partition coefficient (Wildman–Crippen LogP) is 3.42. The van der Waals surface area contributed by atoms with Crippen molar-refractivity contribution >= 4 is 11.6 Å². The van der Waals surface area contributed by atoms with Gasteiger partial charge in [0.15, 0.2) is 0 Å². The number of hydrogen-bond donors (Lipinski definition) is 1. The second-order valence-electron chi connectivity index (χ2n) is 7.29. The number of rotatable bonds is 2. The molecule has 24 heavy (non-hydrogen) atoms. The van der Waals surface area contributed by atoms with E-state index in [1.807, 2.05) is 20.8 Å². The molecule has 128 valence electrons. The molecule has 0 bridgehead atoms. The van der Waals surface area contributed by atoms with Crippen molar-refractivity contribution < 1.29 is 4.39 Å². The van der Waals surface area contributed by atoms with E-state index in [0.29, 0.717) is 23.7 Å². The highest BCUT2D eigenvalue weighted by atomic mass is 35.5. The molecule has 0 saturated heterocycles. The molecule has 6 heteroatoms. The normalized spacial score (nSPS) is 15.4. The molecular weight excluding hydrogens is 329 g/mol. The molecule has 1 aliphatic rings. The summed E-state index contributed by atoms with van der Waals surface area (Å²) in [5, 5.41) is 0.413. The zero-order valence-corrected chi connectivity index (χ0v) is 14.9. The fourth-order valence-electron chi connectivity index (χ4n) is 2.86. The lowest BCUT2D eigenvalue weighted by molar-refractivity contribution is 0.241. The average Bonchev–Trinajstić information content (AvgIpc) is 2.49. The standard InChI is InChI=1S/C18H21ClFN3O/c1-18(2,3)17-21-15-6-7-23(10-13(15)16(24)22-17)9-11-4-5-12(20)8-14(11)19/h4-5,8H,6-7,9-10H2,1-3H3,(H,21,22,24). The Bertz CT molecular complexity index is 826. The summed E-state index contributed by atoms with van der Waals surface area (Å²) in [5.41, 5.74) is 2.20. The Balaban J connectivity index is 1.83. The summed E-state index contributed by atoms with van der Waals surface area (Å²) in [7, 11) is 0. The van der Waals surface area contributed by atoms with Crippen LogP contribution < -0.4 is 5.56 Å². The fourth-order valence-corrected chi connectivity index (χ4v) is 3.09. The summed E-state index contributed by atoms with van der Waals surface area (Å²) >= 11 is 6.10. The lowest BCUT2D eigenvalue weighted by Gasteiger charge is -2.29. The van der Waals surface area contributed by atoms with Crippen molar-refractivity contribution in [3.63, 3.8) is 0 Å². The van der Waals surface area contributed by atoms with Gasteiger partial charge in [-0.2, -0.15) is 0 Å². The van der Waals surface area contributed by atoms with E-state index < -0.39 is 0 Å². The third-order valence-electron chi connectivity index (χ3n) is 4.27. The van der Waals surface area contributed by atoms with Crippen LogP contribution in [-0.2, 0) is 24.9 Å². The van der Waals surface area contributed by atoms with Gasteiger partial charge < -0.3 is 4.98 Å². The third kappa shape index (κ3) is 3.52. The van der Waals surface area contributed by atoms with Crippen LogP contribution in [0.4, 0.5) is 4.39 Å². The Morgan fingerprint density at radius 1 is 1.38 bits per heavy atom. The Kier molecular flexibility index (Phi) is 4.49. The van der Waals surface area contributed by atoms with Crippen molar-refractivity contribution in [1.82, 2.24) is 14.9 Å². The average molecular weight is 350 g/mol. The molecule has 1 aliphatic heterocycles. The maximum absolute atomic E-state index is 13.2. The largest absolute Gasteiger partial charge is 0.310 e. The predicted molar refractivity (Wildman–Crippen MR) is 92.8 cm³/mol. The van der Waals surface area contributed by atoms with E-state index in [2.05, 4.69) is 14.9 Å². The minimum Gasteiger partial charge on any atom is -0.310 e. The summed E-state index contributed by atoms with van der Waals surface area (Å²) in [6.07, 6.45) is 0.723. The van der Waals surface area contributed by atoms with Crippen LogP contribution in [0.3, 0.4) is 0 Å². The molecular formula is C18H21ClFN3O. The van der Waals surface area contributed by atoms with E-state index in [1.165, 1.54) is 12.1 Å². The van der Waals surface area contributed by atoms with Gasteiger partial charge in [0.2, 0.25) is 0 Å². The van der Waals surface area contributed by atoms with Gasteiger partial charge in [0.25, 0.3) is 5.56 Å². The van der Waals surface area contributed by atoms with Gasteiger partial charge in [-0.05, 0) is 17.7 Å². The van der Waals surface area contributed by atoms with Gasteiger partial charge in [-0.3, -0.25) is 9.69 Å². The number of nitrogens with zero attached hydrogens (tertiary/aromatic N) is 2. The monoisotopic (exact) mass is 349 g/mol. The van der Waals surface area contributed by atoms with Crippen LogP contribution in [-0.4, -0.2) is 21.4 Å². The maximum Gasteiger partial charge on any atom is 0.255 e. The molecule has 0 aliphatic carbocycles. The SMILES string of the molecule is CC(C)(C)c1nc2c(c(=O)[nH]1)CN(Cc1ccc(F)cc1Cl)CC2. The molecule has 1 aromatic heterocycles. The topological polar surface area (TPSA) is 49.0 Å². The highest BCUT2D eigenvalue weighted by Crippen LogP contribution is 2.23. The Morgan fingerprint density at radius 2 is 2.12 bits per heavy atom. The van der Waals surface area contributed by atoms with Crippen LogP contribution in [0.2, 0.25) is 5.02 Å². The third-order valence-corrected chi connectivity index (χ3v) is 4.62. The minimum atomic E-state index is -0.344. The first-order chi connectivity index (χ1) is 11.2. The Hall–Kier alpha value is -1.72. The van der Waals surface area contributed by atoms with Gasteiger partial charge in [0.05, 0.1) is 11.3 Å². The smallest absolute Gasteiger partial charge is 0.255 e. The first-order valence-corrected chi connectivity index (χ1v) is 8.40. The van der Waals surface area contributed by atoms with E-state index in [9.17, 15) is 9.18 Å². The van der Waals surface area contributed by atoms with Crippen molar-refractivity contribution in [3.05, 3.63) is 62.0 Å². The highest BCUT2D eigenvalue weighted by molar-refractivity contribution is 6.31. The fraction of sp³-hybridized carbons (Fsp3) is 0.444. The molecule has 0 amide bonds. The summed E-state index contributed by atoms with van der Waals surface area (Å²) in [4.78, 5) is 22.1. The number of fused-ring (bicyclic) bond motifs is 1. The van der Waals surface area contributed by atoms with Gasteiger partial charge >= 0.3 is 0 Å². The number of nitrogens with one attached hydrogen (secondary N) is 1. The molecule has 0 unspecified atom stereocenters. The molecule has 1 aromatic carbocycles. The second-order valence-corrected chi connectivity index (χ2v) is 7.69. The zero-order chi connectivity index (χ0) is 17.5. The molecule has 0 fully saturated rings. The Morgan fingerprint density at radius 3 is 2.79 bits per heavy atom. The van der Waals surface area contributed by atoms with Crippen LogP contribution in [0.15, 0.2) is 23.0 Å². The van der Waals surface area contributed by atoms with Crippen LogP contribution in [0.5, 0.6) is 0 Å². The van der Waals surface area contributed by atoms with Crippen LogP contribution in [0, 0.1) is 5.82 Å². The van der Waals surface area contributed by atoms with E-state index in [0.717, 1.165) is 30.0 Å². The first-order valence-electron chi connectivity index (χ1n) is 8.03. The highest BCUT2D eigenvalue weighted by Gasteiger charge is 2.25. The van der Waals surface area contributed by atoms with Gasteiger partial charge in [-0.1, -0.05) is 38.4 Å². The second kappa shape index (κ2) is 6.30. The lowest BCUT2D eigenvalue weighted by atomic mass is 9.95. The van der Waals surface area contributed by atoms with E-state index in [1.54, 1.807) is 6.07 Å². The van der Waals surface area contributed by atoms with Gasteiger partial charge in [-0.25, -0.2) is 9.37 Å². The molecule has 2 aromatic rings. The summed E-state index contributed by atoms with van der Waals surface area (Å²) in [6.45, 7) is 7.99. The van der Waals surface area contributed by atoms with Crippen molar-refractivity contribution in [2.24, 2.45) is 0 Å². The van der Waals surface area contributed by atoms with E-state index >= 15 is 0 Å². The Labute approximate surface area is 145 Å². The van der Waals surface area contributed by atoms with Crippen LogP contribution >= 0.6 is 11.6 Å². The molecule has 4 nitrogen and oxygen atoms in total. The number of hydrogen-bond acceptors (Lipinski definition) is 3. The number of benzene rings is 1. The number of halogens is 2. The molecule has 2 heterocycles. The van der Waals surface area contributed by atoms with Gasteiger partial charge in [0.1, 0.15) is 11.6 Å². The summed E-state index contributed by atoms with van der Waals surface area (Å²) in [6, 6.07) is 4.42. The summed E-state index contributed by atoms with van der Waals surface area (Å²) < 4.78 is 13.2. The van der Waals surface area contributed by atoms with Crippen molar-refractivity contribution in [2.75, 3.05) is 6.54 Å². The number of H-pyrrole nitrogens is 1. The van der Waals surface area contributed by atoms with Crippen molar-refractivity contribution in [3.8, 4) is 0 Å². The lowest BCUT2D eigenvalue weighted by Crippen LogP contribution is -2.37. The molecule has 3 rings (SSSR count). The molecule has 0 atom stereocenters.